The van der Waals surface area contributed by atoms with E-state index in [1.165, 1.54) is 11.8 Å². The second-order valence-electron chi connectivity index (χ2n) is 12.0. The van der Waals surface area contributed by atoms with Crippen molar-refractivity contribution < 1.29 is 53.1 Å². The van der Waals surface area contributed by atoms with Crippen molar-refractivity contribution in [3.63, 3.8) is 0 Å². The van der Waals surface area contributed by atoms with Gasteiger partial charge in [-0.25, -0.2) is 17.2 Å². The molecule has 2 amide bonds. The fourth-order valence-corrected chi connectivity index (χ4v) is 9.69. The number of fused-ring (bicyclic) bond motifs is 3. The van der Waals surface area contributed by atoms with Gasteiger partial charge in [0.05, 0.1) is 10.9 Å². The molecular formula is C30H30F8N2O4S. The number of benzene rings is 2. The maximum Gasteiger partial charge on any atom is 0.435 e. The quantitative estimate of drug-likeness (QED) is 0.313. The third-order valence-corrected chi connectivity index (χ3v) is 12.0. The summed E-state index contributed by atoms with van der Waals surface area (Å²) in [5.41, 5.74) is -7.77. The topological polar surface area (TPSA) is 83.6 Å². The number of aryl methyl sites for hydroxylation is 1. The van der Waals surface area contributed by atoms with Gasteiger partial charge in [-0.15, -0.1) is 0 Å². The molecule has 2 aromatic rings. The summed E-state index contributed by atoms with van der Waals surface area (Å²) in [6.45, 7) is 1.31. The van der Waals surface area contributed by atoms with Gasteiger partial charge in [-0.05, 0) is 80.3 Å². The van der Waals surface area contributed by atoms with E-state index in [9.17, 15) is 53.1 Å². The predicted molar refractivity (Wildman–Crippen MR) is 145 cm³/mol. The van der Waals surface area contributed by atoms with Gasteiger partial charge in [0.1, 0.15) is 10.6 Å². The van der Waals surface area contributed by atoms with Gasteiger partial charge in [0.2, 0.25) is 11.8 Å². The summed E-state index contributed by atoms with van der Waals surface area (Å²) in [6.07, 6.45) is -11.5. The standard InChI is InChI=1S/C30H30F8N2O4S/c1-17(41)39-22-8-2-18(3-9-22)26(42)40-15-14-27(45(43,44)23-10-6-21(31)7-11-23)24-12-5-20(16-19(24)4-13-25(27)40)28(32,29(33,34)35)30(36,37)38/h5-7,10-12,16,18,22,25H,2-4,8-9,13-15H2,1H3,(H,39,41)/t18-,22+,25-,27-/m1/s1. The highest BCUT2D eigenvalue weighted by Gasteiger charge is 2.74. The Morgan fingerprint density at radius 1 is 0.889 bits per heavy atom. The molecule has 0 radical (unpaired) electrons. The zero-order valence-electron chi connectivity index (χ0n) is 23.9. The first-order valence-corrected chi connectivity index (χ1v) is 15.9. The SMILES string of the molecule is CC(=O)N[C@H]1CC[C@@H](C(=O)N2CC[C@@]3(S(=O)(=O)c4ccc(F)cc4)c4ccc(C(F)(C(F)(F)F)C(F)(F)F)cc4CC[C@@H]23)CC1. The van der Waals surface area contributed by atoms with Gasteiger partial charge in [-0.2, -0.15) is 26.3 Å². The monoisotopic (exact) mass is 666 g/mol. The first-order chi connectivity index (χ1) is 20.8. The van der Waals surface area contributed by atoms with E-state index in [0.717, 1.165) is 30.3 Å². The minimum atomic E-state index is -6.36. The minimum Gasteiger partial charge on any atom is -0.354 e. The van der Waals surface area contributed by atoms with Crippen LogP contribution in [0.1, 0.15) is 62.1 Å². The number of nitrogens with zero attached hydrogens (tertiary/aromatic N) is 1. The van der Waals surface area contributed by atoms with Crippen molar-refractivity contribution in [2.24, 2.45) is 5.92 Å². The smallest absolute Gasteiger partial charge is 0.354 e. The number of likely N-dealkylation sites (tertiary alicyclic amines) is 1. The normalized spacial score (nSPS) is 25.8. The molecule has 0 bridgehead atoms. The second-order valence-corrected chi connectivity index (χ2v) is 14.2. The third kappa shape index (κ3) is 5.28. The summed E-state index contributed by atoms with van der Waals surface area (Å²) in [6, 6.07) is 4.17. The molecule has 0 aromatic heterocycles. The van der Waals surface area contributed by atoms with Crippen molar-refractivity contribution in [3.05, 3.63) is 65.0 Å². The van der Waals surface area contributed by atoms with E-state index in [1.807, 2.05) is 0 Å². The maximum absolute atomic E-state index is 15.0. The molecule has 2 aliphatic carbocycles. The Kier molecular flexibility index (Phi) is 8.27. The summed E-state index contributed by atoms with van der Waals surface area (Å²) >= 11 is 0. The van der Waals surface area contributed by atoms with Crippen molar-refractivity contribution in [2.75, 3.05) is 6.54 Å². The van der Waals surface area contributed by atoms with Gasteiger partial charge in [0.15, 0.2) is 9.84 Å². The Labute approximate surface area is 254 Å². The molecule has 45 heavy (non-hydrogen) atoms. The van der Waals surface area contributed by atoms with Crippen LogP contribution in [0.25, 0.3) is 0 Å². The molecule has 0 unspecified atom stereocenters. The highest BCUT2D eigenvalue weighted by Crippen LogP contribution is 2.57. The molecule has 1 aliphatic heterocycles. The zero-order chi connectivity index (χ0) is 33.2. The summed E-state index contributed by atoms with van der Waals surface area (Å²) in [5.74, 6) is -1.78. The van der Waals surface area contributed by atoms with Gasteiger partial charge >= 0.3 is 18.0 Å². The Hall–Kier alpha value is -3.23. The van der Waals surface area contributed by atoms with E-state index in [4.69, 9.17) is 0 Å². The van der Waals surface area contributed by atoms with E-state index in [2.05, 4.69) is 5.32 Å². The Balaban J connectivity index is 1.59. The van der Waals surface area contributed by atoms with E-state index in [-0.39, 0.29) is 59.7 Å². The van der Waals surface area contributed by atoms with Crippen LogP contribution in [0.4, 0.5) is 35.1 Å². The lowest BCUT2D eigenvalue weighted by atomic mass is 9.76. The highest BCUT2D eigenvalue weighted by atomic mass is 32.2. The number of carbonyl (C=O) groups is 2. The molecule has 1 N–H and O–H groups in total. The molecule has 3 aliphatic rings. The second kappa shape index (κ2) is 11.2. The molecule has 1 saturated carbocycles. The third-order valence-electron chi connectivity index (χ3n) is 9.44. The van der Waals surface area contributed by atoms with Crippen molar-refractivity contribution in [1.29, 1.82) is 0 Å². The molecule has 5 rings (SSSR count). The van der Waals surface area contributed by atoms with Crippen LogP contribution in [-0.2, 0) is 36.3 Å². The van der Waals surface area contributed by atoms with E-state index < -0.39 is 55.9 Å². The van der Waals surface area contributed by atoms with Crippen molar-refractivity contribution in [1.82, 2.24) is 10.2 Å². The fourth-order valence-electron chi connectivity index (χ4n) is 7.32. The van der Waals surface area contributed by atoms with Gasteiger partial charge < -0.3 is 10.2 Å². The molecule has 15 heteroatoms. The molecule has 1 saturated heterocycles. The highest BCUT2D eigenvalue weighted by molar-refractivity contribution is 7.92. The van der Waals surface area contributed by atoms with Gasteiger partial charge in [-0.3, -0.25) is 9.59 Å². The van der Waals surface area contributed by atoms with Gasteiger partial charge in [0, 0.05) is 31.0 Å². The number of sulfone groups is 1. The number of alkyl halides is 7. The summed E-state index contributed by atoms with van der Waals surface area (Å²) in [4.78, 5) is 26.4. The van der Waals surface area contributed by atoms with Crippen LogP contribution in [0.15, 0.2) is 47.4 Å². The molecule has 2 aromatic carbocycles. The van der Waals surface area contributed by atoms with E-state index >= 15 is 0 Å². The number of hydrogen-bond donors (Lipinski definition) is 1. The summed E-state index contributed by atoms with van der Waals surface area (Å²) < 4.78 is 137. The number of nitrogens with one attached hydrogen (secondary N) is 1. The Morgan fingerprint density at radius 2 is 1.49 bits per heavy atom. The van der Waals surface area contributed by atoms with E-state index in [1.54, 1.807) is 0 Å². The number of hydrogen-bond acceptors (Lipinski definition) is 4. The van der Waals surface area contributed by atoms with Crippen LogP contribution in [0, 0.1) is 11.7 Å². The van der Waals surface area contributed by atoms with Crippen LogP contribution in [0.2, 0.25) is 0 Å². The molecule has 6 nitrogen and oxygen atoms in total. The number of rotatable bonds is 5. The zero-order valence-corrected chi connectivity index (χ0v) is 24.8. The van der Waals surface area contributed by atoms with Crippen molar-refractivity contribution in [2.45, 2.75) is 91.6 Å². The maximum atomic E-state index is 15.0. The van der Waals surface area contributed by atoms with Gasteiger partial charge in [-0.1, -0.05) is 18.2 Å². The first kappa shape index (κ1) is 33.1. The number of halogens is 8. The largest absolute Gasteiger partial charge is 0.435 e. The minimum absolute atomic E-state index is 0.0745. The lowest BCUT2D eigenvalue weighted by molar-refractivity contribution is -0.348. The molecular weight excluding hydrogens is 636 g/mol. The summed E-state index contributed by atoms with van der Waals surface area (Å²) in [7, 11) is -4.56. The molecule has 2 fully saturated rings. The fraction of sp³-hybridized carbons (Fsp3) is 0.533. The van der Waals surface area contributed by atoms with Crippen LogP contribution >= 0.6 is 0 Å². The lowest BCUT2D eigenvalue weighted by Crippen LogP contribution is -2.54. The van der Waals surface area contributed by atoms with Crippen LogP contribution in [0.3, 0.4) is 0 Å². The van der Waals surface area contributed by atoms with Crippen LogP contribution in [0.5, 0.6) is 0 Å². The van der Waals surface area contributed by atoms with Crippen LogP contribution in [-0.4, -0.2) is 56.1 Å². The Bertz CT molecular complexity index is 1570. The summed E-state index contributed by atoms with van der Waals surface area (Å²) in [5, 5.41) is 2.81. The molecule has 2 atom stereocenters. The first-order valence-electron chi connectivity index (χ1n) is 14.4. The average Bonchev–Trinajstić information content (AvgIpc) is 3.37. The predicted octanol–water partition coefficient (Wildman–Crippen LogP) is 6.03. The molecule has 246 valence electrons. The molecule has 0 spiro atoms. The van der Waals surface area contributed by atoms with Crippen LogP contribution < -0.4 is 5.32 Å². The number of carbonyl (C=O) groups excluding carboxylic acids is 2. The van der Waals surface area contributed by atoms with Crippen molar-refractivity contribution in [3.8, 4) is 0 Å². The van der Waals surface area contributed by atoms with Gasteiger partial charge in [0.25, 0.3) is 0 Å². The average molecular weight is 667 g/mol. The molecule has 1 heterocycles. The lowest BCUT2D eigenvalue weighted by Gasteiger charge is -2.44. The van der Waals surface area contributed by atoms with E-state index in [0.29, 0.717) is 37.8 Å². The Morgan fingerprint density at radius 3 is 2.04 bits per heavy atom. The number of amides is 2. The van der Waals surface area contributed by atoms with Crippen molar-refractivity contribution >= 4 is 21.7 Å².